The first kappa shape index (κ1) is 16.8. The van der Waals surface area contributed by atoms with Gasteiger partial charge in [0, 0.05) is 37.2 Å². The van der Waals surface area contributed by atoms with Crippen LogP contribution in [0.15, 0.2) is 53.0 Å². The van der Waals surface area contributed by atoms with Crippen LogP contribution in [0.5, 0.6) is 0 Å². The van der Waals surface area contributed by atoms with Gasteiger partial charge >= 0.3 is 6.03 Å². The minimum atomic E-state index is 0.0153. The predicted octanol–water partition coefficient (Wildman–Crippen LogP) is 3.79. The van der Waals surface area contributed by atoms with Crippen LogP contribution in [0.1, 0.15) is 11.1 Å². The third-order valence-corrected chi connectivity index (χ3v) is 4.93. The maximum atomic E-state index is 12.3. The van der Waals surface area contributed by atoms with E-state index in [0.717, 1.165) is 36.2 Å². The van der Waals surface area contributed by atoms with E-state index in [1.54, 1.807) is 0 Å². The number of nitrogens with zero attached hydrogens (tertiary/aromatic N) is 2. The van der Waals surface area contributed by atoms with Crippen LogP contribution in [0.4, 0.5) is 10.5 Å². The fourth-order valence-electron chi connectivity index (χ4n) is 2.90. The monoisotopic (exact) mass is 387 g/mol. The van der Waals surface area contributed by atoms with Gasteiger partial charge in [-0.3, -0.25) is 0 Å². The molecule has 0 aromatic heterocycles. The van der Waals surface area contributed by atoms with E-state index in [2.05, 4.69) is 51.3 Å². The summed E-state index contributed by atoms with van der Waals surface area (Å²) in [5.74, 6) is 0. The van der Waals surface area contributed by atoms with Gasteiger partial charge in [-0.05, 0) is 46.1 Å². The minimum Gasteiger partial charge on any atom is -0.367 e. The summed E-state index contributed by atoms with van der Waals surface area (Å²) in [5, 5.41) is 3.00. The molecule has 1 aliphatic heterocycles. The molecule has 1 N–H and O–H groups in total. The Labute approximate surface area is 151 Å². The van der Waals surface area contributed by atoms with Gasteiger partial charge in [-0.25, -0.2) is 4.79 Å². The van der Waals surface area contributed by atoms with Crippen molar-refractivity contribution < 1.29 is 4.79 Å². The van der Waals surface area contributed by atoms with Crippen molar-refractivity contribution in [2.75, 3.05) is 31.1 Å². The molecule has 0 saturated carbocycles. The van der Waals surface area contributed by atoms with Gasteiger partial charge < -0.3 is 15.1 Å². The maximum Gasteiger partial charge on any atom is 0.317 e. The molecule has 1 saturated heterocycles. The number of aryl methyl sites for hydroxylation is 1. The largest absolute Gasteiger partial charge is 0.367 e. The Morgan fingerprint density at radius 3 is 2.46 bits per heavy atom. The van der Waals surface area contributed by atoms with Crippen LogP contribution in [-0.4, -0.2) is 37.1 Å². The molecule has 4 nitrogen and oxygen atoms in total. The zero-order valence-electron chi connectivity index (χ0n) is 13.8. The highest BCUT2D eigenvalue weighted by Crippen LogP contribution is 2.28. The molecule has 0 unspecified atom stereocenters. The van der Waals surface area contributed by atoms with Crippen LogP contribution >= 0.6 is 15.9 Å². The predicted molar refractivity (Wildman–Crippen MR) is 101 cm³/mol. The van der Waals surface area contributed by atoms with E-state index in [4.69, 9.17) is 0 Å². The molecule has 2 aromatic carbocycles. The molecular formula is C19H22BrN3O. The van der Waals surface area contributed by atoms with Crippen LogP contribution in [0.2, 0.25) is 0 Å². The standard InChI is InChI=1S/C19H22BrN3O/c1-15-7-8-18(17(20)13-15)22-9-11-23(12-10-22)19(24)21-14-16-5-3-2-4-6-16/h2-8,13H,9-12,14H2,1H3,(H,21,24). The number of nitrogens with one attached hydrogen (secondary N) is 1. The zero-order chi connectivity index (χ0) is 16.9. The Hall–Kier alpha value is -2.01. The van der Waals surface area contributed by atoms with E-state index < -0.39 is 0 Å². The van der Waals surface area contributed by atoms with Gasteiger partial charge in [0.05, 0.1) is 5.69 Å². The van der Waals surface area contributed by atoms with Crippen molar-refractivity contribution in [3.8, 4) is 0 Å². The highest BCUT2D eigenvalue weighted by atomic mass is 79.9. The van der Waals surface area contributed by atoms with Crippen LogP contribution < -0.4 is 10.2 Å². The van der Waals surface area contributed by atoms with Crippen molar-refractivity contribution in [3.05, 3.63) is 64.1 Å². The average molecular weight is 388 g/mol. The number of carbonyl (C=O) groups excluding carboxylic acids is 1. The second-order valence-electron chi connectivity index (χ2n) is 6.07. The van der Waals surface area contributed by atoms with Crippen molar-refractivity contribution >= 4 is 27.6 Å². The Kier molecular flexibility index (Phi) is 5.41. The molecule has 0 spiro atoms. The molecule has 0 bridgehead atoms. The van der Waals surface area contributed by atoms with Crippen LogP contribution in [-0.2, 0) is 6.54 Å². The molecule has 1 fully saturated rings. The lowest BCUT2D eigenvalue weighted by molar-refractivity contribution is 0.194. The van der Waals surface area contributed by atoms with Gasteiger partial charge in [0.1, 0.15) is 0 Å². The third kappa shape index (κ3) is 4.09. The first-order chi connectivity index (χ1) is 11.6. The van der Waals surface area contributed by atoms with Crippen LogP contribution in [0.25, 0.3) is 0 Å². The molecule has 0 radical (unpaired) electrons. The van der Waals surface area contributed by atoms with Crippen molar-refractivity contribution in [3.63, 3.8) is 0 Å². The van der Waals surface area contributed by atoms with E-state index in [0.29, 0.717) is 6.54 Å². The number of halogens is 1. The number of carbonyl (C=O) groups is 1. The fourth-order valence-corrected chi connectivity index (χ4v) is 3.65. The van der Waals surface area contributed by atoms with Crippen molar-refractivity contribution in [1.29, 1.82) is 0 Å². The highest BCUT2D eigenvalue weighted by Gasteiger charge is 2.22. The number of piperazine rings is 1. The van der Waals surface area contributed by atoms with Crippen LogP contribution in [0, 0.1) is 6.92 Å². The third-order valence-electron chi connectivity index (χ3n) is 4.30. The molecule has 24 heavy (non-hydrogen) atoms. The van der Waals surface area contributed by atoms with Gasteiger partial charge in [0.25, 0.3) is 0 Å². The SMILES string of the molecule is Cc1ccc(N2CCN(C(=O)NCc3ccccc3)CC2)c(Br)c1. The lowest BCUT2D eigenvalue weighted by atomic mass is 10.2. The number of hydrogen-bond acceptors (Lipinski definition) is 2. The molecule has 2 amide bonds. The summed E-state index contributed by atoms with van der Waals surface area (Å²) in [6, 6.07) is 16.4. The van der Waals surface area contributed by atoms with Gasteiger partial charge in [-0.1, -0.05) is 36.4 Å². The molecule has 5 heteroatoms. The number of rotatable bonds is 3. The van der Waals surface area contributed by atoms with E-state index in [1.807, 2.05) is 35.2 Å². The molecule has 3 rings (SSSR count). The fraction of sp³-hybridized carbons (Fsp3) is 0.316. The molecule has 2 aromatic rings. The van der Waals surface area contributed by atoms with Gasteiger partial charge in [-0.15, -0.1) is 0 Å². The first-order valence-electron chi connectivity index (χ1n) is 8.21. The zero-order valence-corrected chi connectivity index (χ0v) is 15.4. The van der Waals surface area contributed by atoms with E-state index in [-0.39, 0.29) is 6.03 Å². The second-order valence-corrected chi connectivity index (χ2v) is 6.93. The van der Waals surface area contributed by atoms with E-state index in [9.17, 15) is 4.79 Å². The van der Waals surface area contributed by atoms with Crippen molar-refractivity contribution in [2.45, 2.75) is 13.5 Å². The molecule has 1 heterocycles. The summed E-state index contributed by atoms with van der Waals surface area (Å²) in [6.45, 7) is 5.83. The number of anilines is 1. The van der Waals surface area contributed by atoms with Crippen LogP contribution in [0.3, 0.4) is 0 Å². The van der Waals surface area contributed by atoms with E-state index in [1.165, 1.54) is 11.3 Å². The summed E-state index contributed by atoms with van der Waals surface area (Å²) in [7, 11) is 0. The Balaban J connectivity index is 1.52. The summed E-state index contributed by atoms with van der Waals surface area (Å²) in [6.07, 6.45) is 0. The highest BCUT2D eigenvalue weighted by molar-refractivity contribution is 9.10. The summed E-state index contributed by atoms with van der Waals surface area (Å²) in [5.41, 5.74) is 3.56. The Bertz CT molecular complexity index is 697. The number of amides is 2. The van der Waals surface area contributed by atoms with Crippen molar-refractivity contribution in [2.24, 2.45) is 0 Å². The number of benzene rings is 2. The van der Waals surface area contributed by atoms with Gasteiger partial charge in [0.2, 0.25) is 0 Å². The summed E-state index contributed by atoms with van der Waals surface area (Å²) >= 11 is 3.64. The summed E-state index contributed by atoms with van der Waals surface area (Å²) < 4.78 is 1.12. The van der Waals surface area contributed by atoms with E-state index >= 15 is 0 Å². The second kappa shape index (κ2) is 7.71. The van der Waals surface area contributed by atoms with Crippen molar-refractivity contribution in [1.82, 2.24) is 10.2 Å². The Morgan fingerprint density at radius 1 is 1.08 bits per heavy atom. The topological polar surface area (TPSA) is 35.6 Å². The normalized spacial score (nSPS) is 14.6. The molecular weight excluding hydrogens is 366 g/mol. The smallest absolute Gasteiger partial charge is 0.317 e. The molecule has 0 aliphatic carbocycles. The number of hydrogen-bond donors (Lipinski definition) is 1. The lowest BCUT2D eigenvalue weighted by Gasteiger charge is -2.36. The molecule has 126 valence electrons. The van der Waals surface area contributed by atoms with Gasteiger partial charge in [-0.2, -0.15) is 0 Å². The first-order valence-corrected chi connectivity index (χ1v) is 9.00. The molecule has 1 aliphatic rings. The maximum absolute atomic E-state index is 12.3. The van der Waals surface area contributed by atoms with Gasteiger partial charge in [0.15, 0.2) is 0 Å². The lowest BCUT2D eigenvalue weighted by Crippen LogP contribution is -2.51. The minimum absolute atomic E-state index is 0.0153. The quantitative estimate of drug-likeness (QED) is 0.869. The summed E-state index contributed by atoms with van der Waals surface area (Å²) in [4.78, 5) is 16.5. The Morgan fingerprint density at radius 2 is 1.79 bits per heavy atom. The molecule has 0 atom stereocenters. The average Bonchev–Trinajstić information content (AvgIpc) is 2.61. The number of urea groups is 1.